The van der Waals surface area contributed by atoms with Crippen LogP contribution in [-0.2, 0) is 4.79 Å². The molecule has 1 fully saturated rings. The molecule has 0 amide bonds. The fraction of sp³-hybridized carbons (Fsp3) is 0.917. The summed E-state index contributed by atoms with van der Waals surface area (Å²) < 4.78 is 0. The molecule has 0 aromatic heterocycles. The molecule has 1 aliphatic rings. The summed E-state index contributed by atoms with van der Waals surface area (Å²) >= 11 is 0. The molecule has 2 nitrogen and oxygen atoms in total. The van der Waals surface area contributed by atoms with Crippen LogP contribution in [0.25, 0.3) is 0 Å². The van der Waals surface area contributed by atoms with Gasteiger partial charge in [0, 0.05) is 6.92 Å². The zero-order valence-electron chi connectivity index (χ0n) is 10.6. The smallest absolute Gasteiger partial charge is 0.300 e. The van der Waals surface area contributed by atoms with E-state index in [1.165, 1.54) is 38.5 Å². The first-order valence-electron chi connectivity index (χ1n) is 5.93. The Morgan fingerprint density at radius 3 is 0.929 bits per heavy atom. The van der Waals surface area contributed by atoms with Crippen LogP contribution in [0.15, 0.2) is 0 Å². The van der Waals surface area contributed by atoms with Gasteiger partial charge in [-0.3, -0.25) is 4.79 Å². The largest absolute Gasteiger partial charge is 0.481 e. The molecule has 88 valence electrons. The Hall–Kier alpha value is -0.530. The summed E-state index contributed by atoms with van der Waals surface area (Å²) in [6.07, 6.45) is 9.00. The van der Waals surface area contributed by atoms with E-state index < -0.39 is 5.97 Å². The maximum absolute atomic E-state index is 9.00. The zero-order chi connectivity index (χ0) is 11.8. The van der Waals surface area contributed by atoms with E-state index in [1.807, 2.05) is 27.7 Å². The molecule has 1 N–H and O–H groups in total. The second-order valence-electron chi connectivity index (χ2n) is 2.64. The van der Waals surface area contributed by atoms with Crippen molar-refractivity contribution < 1.29 is 9.90 Å². The minimum Gasteiger partial charge on any atom is -0.481 e. The number of aliphatic carboxylic acids is 1. The number of carboxylic acid groups (broad SMARTS) is 1. The number of carbonyl (C=O) groups is 1. The molecule has 1 rings (SSSR count). The standard InChI is InChI=1S/C6H12.C2H4O2.2C2H6/c1-2-4-6-5-3-1;1-2(3)4;2*1-2/h1-6H2;1H3,(H,3,4);2*1-2H3. The molecule has 0 heterocycles. The molecule has 0 saturated heterocycles. The summed E-state index contributed by atoms with van der Waals surface area (Å²) in [5.74, 6) is -0.833. The first-order chi connectivity index (χ1) is 6.73. The Morgan fingerprint density at radius 2 is 0.857 bits per heavy atom. The number of hydrogen-bond acceptors (Lipinski definition) is 1. The van der Waals surface area contributed by atoms with Gasteiger partial charge in [-0.15, -0.1) is 0 Å². The van der Waals surface area contributed by atoms with Crippen molar-refractivity contribution in [2.24, 2.45) is 0 Å². The maximum atomic E-state index is 9.00. The van der Waals surface area contributed by atoms with Crippen LogP contribution in [0, 0.1) is 0 Å². The number of hydrogen-bond donors (Lipinski definition) is 1. The lowest BCUT2D eigenvalue weighted by molar-refractivity contribution is -0.134. The lowest BCUT2D eigenvalue weighted by atomic mass is 10.0. The minimum atomic E-state index is -0.833. The van der Waals surface area contributed by atoms with E-state index in [0.717, 1.165) is 6.92 Å². The van der Waals surface area contributed by atoms with Crippen molar-refractivity contribution in [1.82, 2.24) is 0 Å². The molecule has 0 atom stereocenters. The molecule has 0 aliphatic heterocycles. The highest BCUT2D eigenvalue weighted by Gasteiger charge is 1.95. The predicted molar refractivity (Wildman–Crippen MR) is 63.7 cm³/mol. The SMILES string of the molecule is C1CCCCC1.CC.CC.CC(=O)O. The van der Waals surface area contributed by atoms with Crippen molar-refractivity contribution >= 4 is 5.97 Å². The Morgan fingerprint density at radius 1 is 0.786 bits per heavy atom. The van der Waals surface area contributed by atoms with Gasteiger partial charge < -0.3 is 5.11 Å². The Balaban J connectivity index is -0.000000134. The topological polar surface area (TPSA) is 37.3 Å². The van der Waals surface area contributed by atoms with E-state index in [1.54, 1.807) is 0 Å². The Labute approximate surface area is 89.7 Å². The zero-order valence-corrected chi connectivity index (χ0v) is 10.6. The summed E-state index contributed by atoms with van der Waals surface area (Å²) in [5.41, 5.74) is 0. The molecule has 1 aliphatic carbocycles. The second-order valence-corrected chi connectivity index (χ2v) is 2.64. The first-order valence-corrected chi connectivity index (χ1v) is 5.93. The molecule has 2 heteroatoms. The molecular formula is C12H28O2. The molecular weight excluding hydrogens is 176 g/mol. The molecule has 0 aromatic carbocycles. The monoisotopic (exact) mass is 204 g/mol. The normalized spacial score (nSPS) is 12.9. The summed E-state index contributed by atoms with van der Waals surface area (Å²) in [7, 11) is 0. The van der Waals surface area contributed by atoms with E-state index in [0.29, 0.717) is 0 Å². The molecule has 1 saturated carbocycles. The van der Waals surface area contributed by atoms with Crippen molar-refractivity contribution in [3.8, 4) is 0 Å². The van der Waals surface area contributed by atoms with Crippen molar-refractivity contribution in [2.45, 2.75) is 73.1 Å². The van der Waals surface area contributed by atoms with E-state index >= 15 is 0 Å². The van der Waals surface area contributed by atoms with E-state index in [-0.39, 0.29) is 0 Å². The average Bonchev–Trinajstić information content (AvgIpc) is 2.25. The van der Waals surface area contributed by atoms with Crippen LogP contribution < -0.4 is 0 Å². The summed E-state index contributed by atoms with van der Waals surface area (Å²) in [5, 5.41) is 7.42. The van der Waals surface area contributed by atoms with Gasteiger partial charge >= 0.3 is 0 Å². The van der Waals surface area contributed by atoms with Crippen molar-refractivity contribution in [3.05, 3.63) is 0 Å². The lowest BCUT2D eigenvalue weighted by Gasteiger charge is -2.05. The van der Waals surface area contributed by atoms with Crippen LogP contribution in [0.5, 0.6) is 0 Å². The third kappa shape index (κ3) is 42.0. The molecule has 0 unspecified atom stereocenters. The van der Waals surface area contributed by atoms with Gasteiger partial charge in [-0.05, 0) is 0 Å². The van der Waals surface area contributed by atoms with Crippen molar-refractivity contribution in [2.75, 3.05) is 0 Å². The third-order valence-corrected chi connectivity index (χ3v) is 1.50. The van der Waals surface area contributed by atoms with Gasteiger partial charge in [-0.1, -0.05) is 66.2 Å². The molecule has 14 heavy (non-hydrogen) atoms. The second kappa shape index (κ2) is 22.9. The molecule has 0 spiro atoms. The van der Waals surface area contributed by atoms with Crippen LogP contribution in [0.4, 0.5) is 0 Å². The quantitative estimate of drug-likeness (QED) is 0.631. The van der Waals surface area contributed by atoms with E-state index in [4.69, 9.17) is 9.90 Å². The highest BCUT2D eigenvalue weighted by Crippen LogP contribution is 2.15. The predicted octanol–water partition coefficient (Wildman–Crippen LogP) is 4.48. The minimum absolute atomic E-state index is 0.833. The third-order valence-electron chi connectivity index (χ3n) is 1.50. The van der Waals surface area contributed by atoms with Crippen LogP contribution >= 0.6 is 0 Å². The van der Waals surface area contributed by atoms with Gasteiger partial charge in [0.25, 0.3) is 5.97 Å². The first kappa shape index (κ1) is 19.1. The molecule has 0 bridgehead atoms. The average molecular weight is 204 g/mol. The van der Waals surface area contributed by atoms with Gasteiger partial charge in [0.15, 0.2) is 0 Å². The Kier molecular flexibility index (Phi) is 31.2. The number of rotatable bonds is 0. The van der Waals surface area contributed by atoms with Crippen LogP contribution in [0.1, 0.15) is 73.1 Å². The summed E-state index contributed by atoms with van der Waals surface area (Å²) in [6, 6.07) is 0. The van der Waals surface area contributed by atoms with Gasteiger partial charge in [0.05, 0.1) is 0 Å². The van der Waals surface area contributed by atoms with Crippen molar-refractivity contribution in [1.29, 1.82) is 0 Å². The molecule has 0 radical (unpaired) electrons. The van der Waals surface area contributed by atoms with Crippen LogP contribution in [0.3, 0.4) is 0 Å². The summed E-state index contributed by atoms with van der Waals surface area (Å²) in [6.45, 7) is 9.08. The van der Waals surface area contributed by atoms with Crippen molar-refractivity contribution in [3.63, 3.8) is 0 Å². The van der Waals surface area contributed by atoms with Gasteiger partial charge in [0.2, 0.25) is 0 Å². The number of carboxylic acids is 1. The van der Waals surface area contributed by atoms with E-state index in [2.05, 4.69) is 0 Å². The fourth-order valence-corrected chi connectivity index (χ4v) is 1.06. The Bertz CT molecular complexity index is 70.8. The highest BCUT2D eigenvalue weighted by molar-refractivity contribution is 5.62. The lowest BCUT2D eigenvalue weighted by Crippen LogP contribution is -1.85. The van der Waals surface area contributed by atoms with Gasteiger partial charge in [-0.2, -0.15) is 0 Å². The van der Waals surface area contributed by atoms with Gasteiger partial charge in [-0.25, -0.2) is 0 Å². The maximum Gasteiger partial charge on any atom is 0.300 e. The van der Waals surface area contributed by atoms with Crippen LogP contribution in [-0.4, -0.2) is 11.1 Å². The van der Waals surface area contributed by atoms with Gasteiger partial charge in [0.1, 0.15) is 0 Å². The fourth-order valence-electron chi connectivity index (χ4n) is 1.06. The van der Waals surface area contributed by atoms with Crippen LogP contribution in [0.2, 0.25) is 0 Å². The summed E-state index contributed by atoms with van der Waals surface area (Å²) in [4.78, 5) is 9.00. The highest BCUT2D eigenvalue weighted by atomic mass is 16.4. The van der Waals surface area contributed by atoms with E-state index in [9.17, 15) is 0 Å². The molecule has 0 aromatic rings.